The minimum Gasteiger partial charge on any atom is -0.228 e. The second kappa shape index (κ2) is 3.94. The van der Waals surface area contributed by atoms with Gasteiger partial charge in [-0.25, -0.2) is 8.42 Å². The highest BCUT2D eigenvalue weighted by molar-refractivity contribution is 9.11. The van der Waals surface area contributed by atoms with Crippen LogP contribution in [0.1, 0.15) is 12.8 Å². The van der Waals surface area contributed by atoms with Crippen molar-refractivity contribution in [3.8, 4) is 6.07 Å². The monoisotopic (exact) mass is 225 g/mol. The average Bonchev–Trinajstić information content (AvgIpc) is 1.80. The van der Waals surface area contributed by atoms with E-state index in [2.05, 4.69) is 15.9 Å². The van der Waals surface area contributed by atoms with Gasteiger partial charge in [0.25, 0.3) is 0 Å². The number of alkyl halides is 1. The lowest BCUT2D eigenvalue weighted by Crippen LogP contribution is -2.11. The first-order chi connectivity index (χ1) is 4.48. The van der Waals surface area contributed by atoms with E-state index in [1.807, 2.05) is 6.07 Å². The number of hydrogen-bond acceptors (Lipinski definition) is 3. The highest BCUT2D eigenvalue weighted by Crippen LogP contribution is 2.13. The maximum Gasteiger partial charge on any atom is 0.160 e. The average molecular weight is 226 g/mol. The Bertz CT molecular complexity index is 229. The standard InChI is InChI=1S/C5H8BrNO2S/c1-10(8,9)5(6)3-2-4-7/h5H,2-3H2,1H3. The number of rotatable bonds is 3. The van der Waals surface area contributed by atoms with E-state index in [1.54, 1.807) is 0 Å². The van der Waals surface area contributed by atoms with Crippen molar-refractivity contribution in [1.82, 2.24) is 0 Å². The molecule has 0 aromatic rings. The van der Waals surface area contributed by atoms with E-state index < -0.39 is 14.0 Å². The summed E-state index contributed by atoms with van der Waals surface area (Å²) in [6, 6.07) is 1.88. The Morgan fingerprint density at radius 1 is 1.70 bits per heavy atom. The number of sulfone groups is 1. The first kappa shape index (κ1) is 9.92. The minimum atomic E-state index is -3.01. The summed E-state index contributed by atoms with van der Waals surface area (Å²) in [4.78, 5) is 0. The summed E-state index contributed by atoms with van der Waals surface area (Å²) >= 11 is 2.96. The molecule has 0 heterocycles. The summed E-state index contributed by atoms with van der Waals surface area (Å²) in [5.74, 6) is 0. The quantitative estimate of drug-likeness (QED) is 0.676. The molecule has 10 heavy (non-hydrogen) atoms. The van der Waals surface area contributed by atoms with Crippen LogP contribution in [-0.4, -0.2) is 18.8 Å². The first-order valence-electron chi connectivity index (χ1n) is 2.68. The number of nitriles is 1. The van der Waals surface area contributed by atoms with E-state index in [1.165, 1.54) is 0 Å². The number of halogens is 1. The normalized spacial score (nSPS) is 14.1. The fraction of sp³-hybridized carbons (Fsp3) is 0.800. The maximum absolute atomic E-state index is 10.7. The van der Waals surface area contributed by atoms with Crippen molar-refractivity contribution in [3.63, 3.8) is 0 Å². The van der Waals surface area contributed by atoms with Gasteiger partial charge < -0.3 is 0 Å². The molecular formula is C5H8BrNO2S. The van der Waals surface area contributed by atoms with Crippen LogP contribution in [0.5, 0.6) is 0 Å². The zero-order chi connectivity index (χ0) is 8.20. The lowest BCUT2D eigenvalue weighted by Gasteiger charge is -2.02. The predicted octanol–water partition coefficient (Wildman–Crippen LogP) is 1.06. The molecule has 0 radical (unpaired) electrons. The smallest absolute Gasteiger partial charge is 0.160 e. The highest BCUT2D eigenvalue weighted by atomic mass is 79.9. The van der Waals surface area contributed by atoms with E-state index >= 15 is 0 Å². The molecule has 0 bridgehead atoms. The molecule has 5 heteroatoms. The van der Waals surface area contributed by atoms with Gasteiger partial charge in [0.1, 0.15) is 4.16 Å². The van der Waals surface area contributed by atoms with Gasteiger partial charge in [0.05, 0.1) is 6.07 Å². The molecule has 0 aliphatic heterocycles. The molecule has 0 fully saturated rings. The molecule has 0 amide bonds. The van der Waals surface area contributed by atoms with Crippen molar-refractivity contribution in [2.45, 2.75) is 17.0 Å². The zero-order valence-corrected chi connectivity index (χ0v) is 7.94. The van der Waals surface area contributed by atoms with Crippen LogP contribution in [0.4, 0.5) is 0 Å². The van der Waals surface area contributed by atoms with Crippen molar-refractivity contribution >= 4 is 25.8 Å². The van der Waals surface area contributed by atoms with Crippen LogP contribution in [0.15, 0.2) is 0 Å². The lowest BCUT2D eigenvalue weighted by molar-refractivity contribution is 0.597. The van der Waals surface area contributed by atoms with Crippen molar-refractivity contribution in [2.24, 2.45) is 0 Å². The van der Waals surface area contributed by atoms with Gasteiger partial charge in [0.2, 0.25) is 0 Å². The van der Waals surface area contributed by atoms with Gasteiger partial charge >= 0.3 is 0 Å². The van der Waals surface area contributed by atoms with Gasteiger partial charge in [-0.15, -0.1) is 0 Å². The van der Waals surface area contributed by atoms with Crippen LogP contribution < -0.4 is 0 Å². The van der Waals surface area contributed by atoms with Gasteiger partial charge in [0.15, 0.2) is 9.84 Å². The van der Waals surface area contributed by atoms with E-state index in [4.69, 9.17) is 5.26 Å². The molecule has 0 rings (SSSR count). The van der Waals surface area contributed by atoms with E-state index in [0.29, 0.717) is 6.42 Å². The largest absolute Gasteiger partial charge is 0.228 e. The second-order valence-electron chi connectivity index (χ2n) is 1.94. The summed E-state index contributed by atoms with van der Waals surface area (Å²) in [6.45, 7) is 0. The van der Waals surface area contributed by atoms with E-state index in [9.17, 15) is 8.42 Å². The SMILES string of the molecule is CS(=O)(=O)C(Br)CCC#N. The molecule has 0 spiro atoms. The van der Waals surface area contributed by atoms with Crippen LogP contribution in [0.25, 0.3) is 0 Å². The van der Waals surface area contributed by atoms with Crippen molar-refractivity contribution in [3.05, 3.63) is 0 Å². The topological polar surface area (TPSA) is 57.9 Å². The molecule has 0 saturated carbocycles. The molecule has 0 aliphatic carbocycles. The Labute approximate surface area is 69.1 Å². The summed E-state index contributed by atoms with van der Waals surface area (Å²) in [5, 5.41) is 8.12. The fourth-order valence-corrected chi connectivity index (χ4v) is 1.17. The Morgan fingerprint density at radius 2 is 2.20 bits per heavy atom. The Balaban J connectivity index is 3.90. The zero-order valence-electron chi connectivity index (χ0n) is 5.54. The van der Waals surface area contributed by atoms with E-state index in [-0.39, 0.29) is 6.42 Å². The molecule has 0 aliphatic rings. The maximum atomic E-state index is 10.7. The van der Waals surface area contributed by atoms with Crippen LogP contribution in [0.3, 0.4) is 0 Å². The van der Waals surface area contributed by atoms with E-state index in [0.717, 1.165) is 6.26 Å². The molecule has 0 saturated heterocycles. The van der Waals surface area contributed by atoms with Crippen molar-refractivity contribution < 1.29 is 8.42 Å². The first-order valence-corrected chi connectivity index (χ1v) is 5.55. The third-order valence-electron chi connectivity index (χ3n) is 0.948. The summed E-state index contributed by atoms with van der Waals surface area (Å²) in [7, 11) is -3.01. The number of hydrogen-bond donors (Lipinski definition) is 0. The van der Waals surface area contributed by atoms with Crippen LogP contribution in [0.2, 0.25) is 0 Å². The lowest BCUT2D eigenvalue weighted by atomic mass is 10.4. The number of nitrogens with zero attached hydrogens (tertiary/aromatic N) is 1. The fourth-order valence-electron chi connectivity index (χ4n) is 0.392. The van der Waals surface area contributed by atoms with Crippen molar-refractivity contribution in [2.75, 3.05) is 6.26 Å². The van der Waals surface area contributed by atoms with Crippen LogP contribution in [0, 0.1) is 11.3 Å². The third kappa shape index (κ3) is 3.85. The molecule has 0 N–H and O–H groups in total. The Kier molecular flexibility index (Phi) is 3.91. The summed E-state index contributed by atoms with van der Waals surface area (Å²) in [6.07, 6.45) is 1.77. The summed E-state index contributed by atoms with van der Waals surface area (Å²) in [5.41, 5.74) is 0. The molecule has 0 aromatic heterocycles. The Morgan fingerprint density at radius 3 is 2.50 bits per heavy atom. The highest BCUT2D eigenvalue weighted by Gasteiger charge is 2.15. The third-order valence-corrected chi connectivity index (χ3v) is 4.61. The Hall–Kier alpha value is -0.0800. The molecule has 0 aromatic carbocycles. The molecule has 58 valence electrons. The predicted molar refractivity (Wildman–Crippen MR) is 42.4 cm³/mol. The molecular weight excluding hydrogens is 218 g/mol. The van der Waals surface area contributed by atoms with Crippen LogP contribution >= 0.6 is 15.9 Å². The van der Waals surface area contributed by atoms with Gasteiger partial charge in [-0.2, -0.15) is 5.26 Å². The summed E-state index contributed by atoms with van der Waals surface area (Å²) < 4.78 is 20.8. The van der Waals surface area contributed by atoms with Gasteiger partial charge in [-0.05, 0) is 6.42 Å². The van der Waals surface area contributed by atoms with Gasteiger partial charge in [-0.3, -0.25) is 0 Å². The minimum absolute atomic E-state index is 0.267. The molecule has 1 atom stereocenters. The second-order valence-corrected chi connectivity index (χ2v) is 5.88. The molecule has 3 nitrogen and oxygen atoms in total. The van der Waals surface area contributed by atoms with Crippen LogP contribution in [-0.2, 0) is 9.84 Å². The van der Waals surface area contributed by atoms with Crippen molar-refractivity contribution in [1.29, 1.82) is 5.26 Å². The van der Waals surface area contributed by atoms with Gasteiger partial charge in [-0.1, -0.05) is 15.9 Å². The van der Waals surface area contributed by atoms with Gasteiger partial charge in [0, 0.05) is 12.7 Å². The molecule has 1 unspecified atom stereocenters.